The molecule has 0 aliphatic heterocycles. The molecule has 0 amide bonds. The Morgan fingerprint density at radius 1 is 0.509 bits per heavy atom. The Morgan fingerprint density at radius 3 is 1.26 bits per heavy atom. The van der Waals surface area contributed by atoms with Gasteiger partial charge in [-0.3, -0.25) is 18.6 Å². The number of hydrogen-bond acceptors (Lipinski definition) is 8. The molecule has 9 nitrogen and oxygen atoms in total. The molecule has 0 saturated carbocycles. The summed E-state index contributed by atoms with van der Waals surface area (Å²) in [7, 11) is -4.38. The Labute approximate surface area is 351 Å². The summed E-state index contributed by atoms with van der Waals surface area (Å²) in [4.78, 5) is 34.9. The number of carbonyl (C=O) groups excluding carboxylic acids is 2. The predicted molar refractivity (Wildman–Crippen MR) is 238 cm³/mol. The van der Waals surface area contributed by atoms with Crippen molar-refractivity contribution in [3.63, 3.8) is 0 Å². The maximum atomic E-state index is 12.6. The topological polar surface area (TPSA) is 134 Å². The van der Waals surface area contributed by atoms with E-state index in [9.17, 15) is 19.0 Å². The molecule has 0 saturated heterocycles. The van der Waals surface area contributed by atoms with E-state index in [1.165, 1.54) is 167 Å². The van der Waals surface area contributed by atoms with Crippen LogP contribution >= 0.6 is 7.82 Å². The summed E-state index contributed by atoms with van der Waals surface area (Å²) < 4.78 is 32.8. The van der Waals surface area contributed by atoms with Crippen molar-refractivity contribution in [3.8, 4) is 0 Å². The summed E-state index contributed by atoms with van der Waals surface area (Å²) in [6.07, 6.45) is 46.8. The van der Waals surface area contributed by atoms with Crippen molar-refractivity contribution in [1.82, 2.24) is 0 Å². The molecule has 0 aromatic heterocycles. The van der Waals surface area contributed by atoms with E-state index in [-0.39, 0.29) is 32.6 Å². The summed E-state index contributed by atoms with van der Waals surface area (Å²) in [6.45, 7) is 3.75. The van der Waals surface area contributed by atoms with Gasteiger partial charge in [-0.15, -0.1) is 0 Å². The number of phosphoric acid groups is 1. The molecule has 0 bridgehead atoms. The lowest BCUT2D eigenvalue weighted by Gasteiger charge is -2.19. The van der Waals surface area contributed by atoms with Gasteiger partial charge in [0.1, 0.15) is 6.61 Å². The number of ether oxygens (including phenoxy) is 2. The van der Waals surface area contributed by atoms with Crippen LogP contribution in [0.1, 0.15) is 245 Å². The molecule has 0 rings (SSSR count). The van der Waals surface area contributed by atoms with Gasteiger partial charge in [0.2, 0.25) is 0 Å². The molecule has 0 aromatic carbocycles. The van der Waals surface area contributed by atoms with Crippen molar-refractivity contribution in [2.75, 3.05) is 26.4 Å². The Hall–Kier alpha value is -1.25. The number of hydrogen-bond donors (Lipinski definition) is 2. The molecular formula is C47H92NO8P. The van der Waals surface area contributed by atoms with E-state index in [0.29, 0.717) is 12.8 Å². The zero-order valence-corrected chi connectivity index (χ0v) is 38.2. The third-order valence-corrected chi connectivity index (χ3v) is 11.6. The number of esters is 2. The summed E-state index contributed by atoms with van der Waals surface area (Å²) >= 11 is 0. The fourth-order valence-electron chi connectivity index (χ4n) is 7.04. The number of unbranched alkanes of at least 4 members (excludes halogenated alkanes) is 31. The first kappa shape index (κ1) is 55.8. The first-order valence-corrected chi connectivity index (χ1v) is 25.7. The predicted octanol–water partition coefficient (Wildman–Crippen LogP) is 14.2. The second-order valence-electron chi connectivity index (χ2n) is 16.3. The number of allylic oxidation sites excluding steroid dienone is 2. The van der Waals surface area contributed by atoms with Crippen LogP contribution in [-0.4, -0.2) is 49.3 Å². The quantitative estimate of drug-likeness (QED) is 0.0266. The first-order valence-electron chi connectivity index (χ1n) is 24.2. The van der Waals surface area contributed by atoms with E-state index >= 15 is 0 Å². The van der Waals surface area contributed by atoms with Crippen LogP contribution in [0, 0.1) is 0 Å². The highest BCUT2D eigenvalue weighted by atomic mass is 31.2. The van der Waals surface area contributed by atoms with Crippen LogP contribution in [0.25, 0.3) is 0 Å². The maximum absolute atomic E-state index is 12.6. The third kappa shape index (κ3) is 44.1. The minimum atomic E-state index is -4.38. The van der Waals surface area contributed by atoms with Gasteiger partial charge in [0.15, 0.2) is 6.10 Å². The molecule has 0 aliphatic rings. The van der Waals surface area contributed by atoms with Gasteiger partial charge in [-0.1, -0.05) is 206 Å². The summed E-state index contributed by atoms with van der Waals surface area (Å²) in [5.74, 6) is -0.834. The minimum absolute atomic E-state index is 0.0545. The molecule has 0 heterocycles. The van der Waals surface area contributed by atoms with Crippen LogP contribution in [0.4, 0.5) is 0 Å². The van der Waals surface area contributed by atoms with E-state index in [2.05, 4.69) is 26.0 Å². The Kier molecular flexibility index (Phi) is 43.3. The lowest BCUT2D eigenvalue weighted by atomic mass is 10.0. The van der Waals surface area contributed by atoms with Gasteiger partial charge in [0.25, 0.3) is 0 Å². The Morgan fingerprint density at radius 2 is 0.860 bits per heavy atom. The zero-order chi connectivity index (χ0) is 41.8. The summed E-state index contributed by atoms with van der Waals surface area (Å²) in [5, 5.41) is 0. The average molecular weight is 830 g/mol. The summed E-state index contributed by atoms with van der Waals surface area (Å²) in [6, 6.07) is 0. The molecule has 0 aliphatic carbocycles. The molecule has 0 radical (unpaired) electrons. The molecule has 0 spiro atoms. The SMILES string of the molecule is CCCCCCCC/C=C/CCCCCC(=O)OC[C@H](COP(=O)(O)OCCN)OC(=O)CCCCCCCCCCCCCCCCCCCCCCCCC. The van der Waals surface area contributed by atoms with E-state index in [0.717, 1.165) is 38.5 Å². The van der Waals surface area contributed by atoms with E-state index < -0.39 is 32.5 Å². The van der Waals surface area contributed by atoms with Crippen molar-refractivity contribution >= 4 is 19.8 Å². The highest BCUT2D eigenvalue weighted by Crippen LogP contribution is 2.43. The smallest absolute Gasteiger partial charge is 0.462 e. The van der Waals surface area contributed by atoms with Crippen LogP contribution in [0.5, 0.6) is 0 Å². The number of carbonyl (C=O) groups is 2. The molecule has 0 fully saturated rings. The third-order valence-electron chi connectivity index (χ3n) is 10.7. The van der Waals surface area contributed by atoms with Crippen molar-refractivity contribution in [1.29, 1.82) is 0 Å². The van der Waals surface area contributed by atoms with Gasteiger partial charge in [0, 0.05) is 19.4 Å². The van der Waals surface area contributed by atoms with Gasteiger partial charge in [-0.05, 0) is 38.5 Å². The Balaban J connectivity index is 4.00. The number of phosphoric ester groups is 1. The van der Waals surface area contributed by atoms with Gasteiger partial charge in [-0.2, -0.15) is 0 Å². The second-order valence-corrected chi connectivity index (χ2v) is 17.8. The molecule has 2 atom stereocenters. The first-order chi connectivity index (χ1) is 27.8. The maximum Gasteiger partial charge on any atom is 0.472 e. The van der Waals surface area contributed by atoms with Crippen LogP contribution in [0.15, 0.2) is 12.2 Å². The van der Waals surface area contributed by atoms with Crippen molar-refractivity contribution in [2.45, 2.75) is 251 Å². The van der Waals surface area contributed by atoms with Crippen LogP contribution in [-0.2, 0) is 32.7 Å². The molecule has 1 unspecified atom stereocenters. The fourth-order valence-corrected chi connectivity index (χ4v) is 7.81. The van der Waals surface area contributed by atoms with Gasteiger partial charge >= 0.3 is 19.8 Å². The van der Waals surface area contributed by atoms with E-state index in [4.69, 9.17) is 24.3 Å². The monoisotopic (exact) mass is 830 g/mol. The minimum Gasteiger partial charge on any atom is -0.462 e. The molecular weight excluding hydrogens is 737 g/mol. The highest BCUT2D eigenvalue weighted by Gasteiger charge is 2.26. The summed E-state index contributed by atoms with van der Waals surface area (Å²) in [5.41, 5.74) is 5.35. The molecule has 10 heteroatoms. The van der Waals surface area contributed by atoms with Gasteiger partial charge in [0.05, 0.1) is 13.2 Å². The second kappa shape index (κ2) is 44.3. The lowest BCUT2D eigenvalue weighted by Crippen LogP contribution is -2.29. The molecule has 338 valence electrons. The Bertz CT molecular complexity index is 948. The molecule has 57 heavy (non-hydrogen) atoms. The van der Waals surface area contributed by atoms with Crippen LogP contribution in [0.2, 0.25) is 0 Å². The number of rotatable bonds is 46. The molecule has 0 aromatic rings. The van der Waals surface area contributed by atoms with Gasteiger partial charge in [-0.25, -0.2) is 4.57 Å². The normalized spacial score (nSPS) is 13.3. The van der Waals surface area contributed by atoms with Crippen LogP contribution in [0.3, 0.4) is 0 Å². The van der Waals surface area contributed by atoms with Gasteiger partial charge < -0.3 is 20.1 Å². The van der Waals surface area contributed by atoms with Crippen molar-refractivity contribution in [2.24, 2.45) is 5.73 Å². The zero-order valence-electron chi connectivity index (χ0n) is 37.3. The lowest BCUT2D eigenvalue weighted by molar-refractivity contribution is -0.161. The standard InChI is InChI=1S/C47H92NO8P/c1-3-5-7-9-11-13-15-17-18-19-20-21-22-23-24-25-26-28-30-32-34-36-38-40-47(50)56-45(44-55-57(51,52)54-42-41-48)43-53-46(49)39-37-35-33-31-29-27-16-14-12-10-8-6-4-2/h27,29,45H,3-26,28,30-44,48H2,1-2H3,(H,51,52)/b29-27+/t45-/m1/s1. The van der Waals surface area contributed by atoms with Crippen molar-refractivity contribution in [3.05, 3.63) is 12.2 Å². The largest absolute Gasteiger partial charge is 0.472 e. The fraction of sp³-hybridized carbons (Fsp3) is 0.915. The number of nitrogens with two attached hydrogens (primary N) is 1. The van der Waals surface area contributed by atoms with E-state index in [1.807, 2.05) is 0 Å². The average Bonchev–Trinajstić information content (AvgIpc) is 3.20. The van der Waals surface area contributed by atoms with Crippen molar-refractivity contribution < 1.29 is 37.6 Å². The molecule has 3 N–H and O–H groups in total. The van der Waals surface area contributed by atoms with Crippen LogP contribution < -0.4 is 5.73 Å². The van der Waals surface area contributed by atoms with E-state index in [1.54, 1.807) is 0 Å². The highest BCUT2D eigenvalue weighted by molar-refractivity contribution is 7.47.